The minimum absolute atomic E-state index is 0.0118. The van der Waals surface area contributed by atoms with Crippen LogP contribution < -0.4 is 19.2 Å². The number of hydrogen-bond acceptors (Lipinski definition) is 8. The van der Waals surface area contributed by atoms with E-state index in [2.05, 4.69) is 10.5 Å². The van der Waals surface area contributed by atoms with Crippen LogP contribution in [0.4, 0.5) is 11.4 Å². The Morgan fingerprint density at radius 1 is 1.08 bits per heavy atom. The number of ether oxygens (including phenoxy) is 2. The first-order chi connectivity index (χ1) is 17.1. The van der Waals surface area contributed by atoms with Crippen LogP contribution in [-0.4, -0.2) is 46.2 Å². The van der Waals surface area contributed by atoms with E-state index in [9.17, 15) is 23.3 Å². The van der Waals surface area contributed by atoms with Gasteiger partial charge in [-0.25, -0.2) is 13.8 Å². The molecule has 0 saturated heterocycles. The predicted octanol–water partition coefficient (Wildman–Crippen LogP) is 3.27. The maximum atomic E-state index is 13.4. The molecule has 36 heavy (non-hydrogen) atoms. The molecule has 1 amide bonds. The minimum atomic E-state index is -4.11. The normalized spacial score (nSPS) is 11.2. The molecule has 188 valence electrons. The highest BCUT2D eigenvalue weighted by Crippen LogP contribution is 2.28. The average molecular weight is 513 g/mol. The van der Waals surface area contributed by atoms with E-state index in [0.29, 0.717) is 11.3 Å². The zero-order valence-electron chi connectivity index (χ0n) is 19.7. The monoisotopic (exact) mass is 512 g/mol. The van der Waals surface area contributed by atoms with E-state index in [0.717, 1.165) is 9.87 Å². The van der Waals surface area contributed by atoms with Crippen molar-refractivity contribution in [2.75, 3.05) is 25.1 Å². The largest absolute Gasteiger partial charge is 0.497 e. The van der Waals surface area contributed by atoms with Crippen LogP contribution in [0, 0.1) is 17.0 Å². The van der Waals surface area contributed by atoms with E-state index in [1.165, 1.54) is 56.8 Å². The lowest BCUT2D eigenvalue weighted by Crippen LogP contribution is -2.39. The van der Waals surface area contributed by atoms with Crippen molar-refractivity contribution >= 4 is 33.5 Å². The summed E-state index contributed by atoms with van der Waals surface area (Å²) in [5.41, 5.74) is 3.44. The summed E-state index contributed by atoms with van der Waals surface area (Å²) in [5.74, 6) is -0.236. The summed E-state index contributed by atoms with van der Waals surface area (Å²) in [4.78, 5) is 23.3. The zero-order chi connectivity index (χ0) is 26.3. The van der Waals surface area contributed by atoms with Gasteiger partial charge in [-0.2, -0.15) is 5.10 Å². The molecular weight excluding hydrogens is 488 g/mol. The summed E-state index contributed by atoms with van der Waals surface area (Å²) in [6.07, 6.45) is 1.20. The Morgan fingerprint density at radius 3 is 2.44 bits per heavy atom. The van der Waals surface area contributed by atoms with Gasteiger partial charge in [0.25, 0.3) is 15.9 Å². The fraction of sp³-hybridized carbons (Fsp3) is 0.167. The topological polar surface area (TPSA) is 140 Å². The summed E-state index contributed by atoms with van der Waals surface area (Å²) < 4.78 is 38.0. The van der Waals surface area contributed by atoms with Gasteiger partial charge >= 0.3 is 5.69 Å². The molecule has 0 aromatic heterocycles. The highest BCUT2D eigenvalue weighted by Gasteiger charge is 2.27. The van der Waals surface area contributed by atoms with Crippen LogP contribution in [0.3, 0.4) is 0 Å². The number of aryl methyl sites for hydroxylation is 1. The Bertz CT molecular complexity index is 1390. The number of amides is 1. The van der Waals surface area contributed by atoms with Gasteiger partial charge in [-0.3, -0.25) is 19.2 Å². The number of nitro groups is 1. The summed E-state index contributed by atoms with van der Waals surface area (Å²) in [6, 6.07) is 16.7. The van der Waals surface area contributed by atoms with Crippen LogP contribution in [0.1, 0.15) is 11.1 Å². The lowest BCUT2D eigenvalue weighted by molar-refractivity contribution is -0.385. The van der Waals surface area contributed by atoms with Crippen molar-refractivity contribution in [3.05, 3.63) is 88.0 Å². The predicted molar refractivity (Wildman–Crippen MR) is 134 cm³/mol. The molecule has 0 atom stereocenters. The number of sulfonamides is 1. The first-order valence-electron chi connectivity index (χ1n) is 10.5. The number of rotatable bonds is 10. The third kappa shape index (κ3) is 6.16. The first-order valence-corrected chi connectivity index (χ1v) is 12.0. The number of anilines is 1. The van der Waals surface area contributed by atoms with Crippen LogP contribution in [0.15, 0.2) is 76.7 Å². The number of hydrazone groups is 1. The molecule has 0 fully saturated rings. The van der Waals surface area contributed by atoms with Crippen molar-refractivity contribution in [3.8, 4) is 11.5 Å². The van der Waals surface area contributed by atoms with Gasteiger partial charge in [0.1, 0.15) is 12.3 Å². The standard InChI is InChI=1S/C24H24N4O7S/c1-17-7-10-21(11-8-17)36(32,33)27(19-5-4-6-20(14-19)34-2)16-24(29)26-25-15-18-9-12-23(35-3)22(13-18)28(30)31/h4-15H,16H2,1-3H3,(H,26,29)/b25-15-. The smallest absolute Gasteiger partial charge is 0.311 e. The fourth-order valence-corrected chi connectivity index (χ4v) is 4.61. The number of nitrogens with zero attached hydrogens (tertiary/aromatic N) is 3. The Morgan fingerprint density at radius 2 is 1.81 bits per heavy atom. The van der Waals surface area contributed by atoms with E-state index >= 15 is 0 Å². The molecule has 11 nitrogen and oxygen atoms in total. The van der Waals surface area contributed by atoms with Crippen molar-refractivity contribution in [2.45, 2.75) is 11.8 Å². The number of hydrogen-bond donors (Lipinski definition) is 1. The lowest BCUT2D eigenvalue weighted by atomic mass is 10.2. The van der Waals surface area contributed by atoms with Crippen LogP contribution in [-0.2, 0) is 14.8 Å². The Hall–Kier alpha value is -4.45. The molecule has 0 saturated carbocycles. The second-order valence-electron chi connectivity index (χ2n) is 7.51. The molecule has 3 rings (SSSR count). The molecule has 0 aliphatic rings. The average Bonchev–Trinajstić information content (AvgIpc) is 2.87. The van der Waals surface area contributed by atoms with E-state index in [-0.39, 0.29) is 22.0 Å². The summed E-state index contributed by atoms with van der Waals surface area (Å²) >= 11 is 0. The van der Waals surface area contributed by atoms with Gasteiger partial charge in [0, 0.05) is 17.7 Å². The van der Waals surface area contributed by atoms with Crippen molar-refractivity contribution in [3.63, 3.8) is 0 Å². The van der Waals surface area contributed by atoms with Crippen LogP contribution in [0.2, 0.25) is 0 Å². The van der Waals surface area contributed by atoms with Gasteiger partial charge in [-0.15, -0.1) is 0 Å². The number of nitro benzene ring substituents is 1. The third-order valence-corrected chi connectivity index (χ3v) is 6.83. The highest BCUT2D eigenvalue weighted by atomic mass is 32.2. The highest BCUT2D eigenvalue weighted by molar-refractivity contribution is 7.92. The maximum absolute atomic E-state index is 13.4. The zero-order valence-corrected chi connectivity index (χ0v) is 20.6. The molecule has 0 aliphatic heterocycles. The van der Waals surface area contributed by atoms with E-state index < -0.39 is 27.4 Å². The summed E-state index contributed by atoms with van der Waals surface area (Å²) in [7, 11) is -1.35. The maximum Gasteiger partial charge on any atom is 0.311 e. The lowest BCUT2D eigenvalue weighted by Gasteiger charge is -2.24. The van der Waals surface area contributed by atoms with Gasteiger partial charge in [0.2, 0.25) is 0 Å². The molecule has 0 radical (unpaired) electrons. The van der Waals surface area contributed by atoms with Crippen LogP contribution >= 0.6 is 0 Å². The number of methoxy groups -OCH3 is 2. The molecule has 0 heterocycles. The molecule has 0 unspecified atom stereocenters. The number of nitrogens with one attached hydrogen (secondary N) is 1. The minimum Gasteiger partial charge on any atom is -0.497 e. The molecular formula is C24H24N4O7S. The second-order valence-corrected chi connectivity index (χ2v) is 9.37. The van der Waals surface area contributed by atoms with Gasteiger partial charge in [0.15, 0.2) is 5.75 Å². The first kappa shape index (κ1) is 26.2. The van der Waals surface area contributed by atoms with Gasteiger partial charge in [-0.1, -0.05) is 23.8 Å². The molecule has 0 bridgehead atoms. The van der Waals surface area contributed by atoms with Crippen molar-refractivity contribution in [1.29, 1.82) is 0 Å². The molecule has 3 aromatic carbocycles. The summed E-state index contributed by atoms with van der Waals surface area (Å²) in [5, 5.41) is 15.0. The quantitative estimate of drug-likeness (QED) is 0.250. The molecule has 12 heteroatoms. The molecule has 3 aromatic rings. The number of carbonyl (C=O) groups excluding carboxylic acids is 1. The van der Waals surface area contributed by atoms with Crippen molar-refractivity contribution < 1.29 is 27.6 Å². The third-order valence-electron chi connectivity index (χ3n) is 5.04. The number of carbonyl (C=O) groups is 1. The Kier molecular flexibility index (Phi) is 8.22. The Balaban J connectivity index is 1.85. The Labute approximate surface area is 208 Å². The van der Waals surface area contributed by atoms with Crippen molar-refractivity contribution in [1.82, 2.24) is 5.43 Å². The molecule has 0 aliphatic carbocycles. The molecule has 1 N–H and O–H groups in total. The van der Waals surface area contributed by atoms with Crippen molar-refractivity contribution in [2.24, 2.45) is 5.10 Å². The van der Waals surface area contributed by atoms with E-state index in [4.69, 9.17) is 9.47 Å². The fourth-order valence-electron chi connectivity index (χ4n) is 3.19. The van der Waals surface area contributed by atoms with Gasteiger partial charge < -0.3 is 9.47 Å². The SMILES string of the molecule is COc1cccc(N(CC(=O)N/N=C\c2ccc(OC)c([N+](=O)[O-])c2)S(=O)(=O)c2ccc(C)cc2)c1. The van der Waals surface area contributed by atoms with Gasteiger partial charge in [-0.05, 0) is 43.3 Å². The van der Waals surface area contributed by atoms with E-state index in [1.54, 1.807) is 30.3 Å². The van der Waals surface area contributed by atoms with Crippen LogP contribution in [0.5, 0.6) is 11.5 Å². The van der Waals surface area contributed by atoms with Gasteiger partial charge in [0.05, 0.1) is 35.9 Å². The second kappa shape index (κ2) is 11.3. The number of benzene rings is 3. The summed E-state index contributed by atoms with van der Waals surface area (Å²) in [6.45, 7) is 1.25. The van der Waals surface area contributed by atoms with E-state index in [1.807, 2.05) is 6.92 Å². The molecule has 0 spiro atoms. The van der Waals surface area contributed by atoms with Crippen LogP contribution in [0.25, 0.3) is 0 Å².